The molecule has 0 fully saturated rings. The minimum absolute atomic E-state index is 0.0811. The lowest BCUT2D eigenvalue weighted by atomic mass is 9.43. The molecule has 4 heterocycles. The molecule has 1 aliphatic carbocycles. The van der Waals surface area contributed by atoms with Gasteiger partial charge in [-0.25, -0.2) is 0 Å². The van der Waals surface area contributed by atoms with Crippen LogP contribution in [0.1, 0.15) is 62.8 Å². The first-order chi connectivity index (χ1) is 32.5. The molecule has 3 nitrogen and oxygen atoms in total. The molecule has 0 bridgehead atoms. The number of benzene rings is 9. The lowest BCUT2D eigenvalue weighted by molar-refractivity contribution is 0.332. The highest BCUT2D eigenvalue weighted by atomic mass is 32.1. The number of para-hydroxylation sites is 2. The number of thiophene rings is 1. The van der Waals surface area contributed by atoms with Crippen molar-refractivity contribution in [2.24, 2.45) is 0 Å². The van der Waals surface area contributed by atoms with E-state index in [4.69, 9.17) is 0 Å². The zero-order valence-corrected chi connectivity index (χ0v) is 39.7. The molecule has 322 valence electrons. The number of anilines is 5. The van der Waals surface area contributed by atoms with E-state index in [2.05, 4.69) is 226 Å². The van der Waals surface area contributed by atoms with Crippen molar-refractivity contribution >= 4 is 110 Å². The van der Waals surface area contributed by atoms with Crippen LogP contribution < -0.4 is 20.6 Å². The van der Waals surface area contributed by atoms with Crippen molar-refractivity contribution in [3.63, 3.8) is 0 Å². The monoisotopic (exact) mass is 879 g/mol. The van der Waals surface area contributed by atoms with Crippen molar-refractivity contribution in [1.82, 2.24) is 4.57 Å². The van der Waals surface area contributed by atoms with Crippen LogP contribution in [0.25, 0.3) is 69.6 Å². The third kappa shape index (κ3) is 5.46. The van der Waals surface area contributed by atoms with Crippen LogP contribution in [0.15, 0.2) is 170 Å². The zero-order chi connectivity index (χ0) is 45.1. The van der Waals surface area contributed by atoms with E-state index < -0.39 is 0 Å². The van der Waals surface area contributed by atoms with E-state index in [1.165, 1.54) is 133 Å². The van der Waals surface area contributed by atoms with Gasteiger partial charge in [-0.1, -0.05) is 130 Å². The molecule has 9 aromatic carbocycles. The van der Waals surface area contributed by atoms with Gasteiger partial charge >= 0.3 is 6.85 Å². The summed E-state index contributed by atoms with van der Waals surface area (Å²) in [6.07, 6.45) is 2.40. The Labute approximate surface area is 396 Å². The number of aryl methyl sites for hydroxylation is 2. The molecule has 2 aromatic heterocycles. The van der Waals surface area contributed by atoms with E-state index in [1.54, 1.807) is 0 Å². The van der Waals surface area contributed by atoms with E-state index >= 15 is 0 Å². The number of nitrogens with zero attached hydrogens (tertiary/aromatic N) is 3. The van der Waals surface area contributed by atoms with Crippen LogP contribution in [-0.4, -0.2) is 11.4 Å². The largest absolute Gasteiger partial charge is 0.376 e. The normalized spacial score (nSPS) is 15.4. The van der Waals surface area contributed by atoms with E-state index in [0.29, 0.717) is 0 Å². The highest BCUT2D eigenvalue weighted by molar-refractivity contribution is 7.25. The molecule has 0 radical (unpaired) electrons. The van der Waals surface area contributed by atoms with Crippen LogP contribution in [0, 0.1) is 13.8 Å². The molecule has 0 unspecified atom stereocenters. The predicted molar refractivity (Wildman–Crippen MR) is 290 cm³/mol. The quantitative estimate of drug-likeness (QED) is 0.163. The Morgan fingerprint density at radius 3 is 1.91 bits per heavy atom. The molecule has 2 aliphatic heterocycles. The SMILES string of the molecule is Cc1ccc(N2B3c4cc(C)ccc4-n4c5ccc6ccccc6c5c5c(N(c6ccccc6)c6ccccc6)cc(c3c54)-c3cc4c(cc32)sc2cc3c(cc24)C(C)(C)CCC3(C)C)cc1. The summed E-state index contributed by atoms with van der Waals surface area (Å²) in [5.41, 5.74) is 20.7. The molecule has 0 saturated heterocycles. The molecular formula is C62H50BN3S. The van der Waals surface area contributed by atoms with Crippen molar-refractivity contribution in [2.45, 2.75) is 65.2 Å². The lowest BCUT2D eigenvalue weighted by Crippen LogP contribution is -2.60. The third-order valence-electron chi connectivity index (χ3n) is 15.9. The molecule has 3 aliphatic rings. The lowest BCUT2D eigenvalue weighted by Gasteiger charge is -2.43. The van der Waals surface area contributed by atoms with Gasteiger partial charge in [-0.3, -0.25) is 0 Å². The minimum Gasteiger partial charge on any atom is -0.376 e. The van der Waals surface area contributed by atoms with Crippen LogP contribution in [-0.2, 0) is 10.8 Å². The Balaban J connectivity index is 1.20. The van der Waals surface area contributed by atoms with Gasteiger partial charge in [0.2, 0.25) is 0 Å². The Bertz CT molecular complexity index is 3860. The molecule has 14 rings (SSSR count). The van der Waals surface area contributed by atoms with Gasteiger partial charge in [0.25, 0.3) is 0 Å². The molecule has 0 N–H and O–H groups in total. The number of hydrogen-bond donors (Lipinski definition) is 0. The van der Waals surface area contributed by atoms with Crippen LogP contribution in [0.4, 0.5) is 28.4 Å². The summed E-state index contributed by atoms with van der Waals surface area (Å²) in [5, 5.41) is 7.81. The standard InChI is InChI=1S/C62H50BN3S/c1-37-21-25-42(26-22-37)66-53-36-56-45(46-33-48-49(35-55(46)67-56)62(5,6)30-29-61(48,3)4)32-44(53)47-34-54(64(40-16-9-7-10-17-40)41-18-11-8-12-19-41)58-57-43-20-14-13-15-39(43)24-28-52(57)65-51-27-23-38(2)31-50(51)63(66)59(47)60(58)65/h7-28,31-36H,29-30H2,1-6H3. The first kappa shape index (κ1) is 39.1. The molecule has 0 atom stereocenters. The van der Waals surface area contributed by atoms with Crippen molar-refractivity contribution in [2.75, 3.05) is 9.71 Å². The highest BCUT2D eigenvalue weighted by Gasteiger charge is 2.46. The summed E-state index contributed by atoms with van der Waals surface area (Å²) in [4.78, 5) is 5.21. The van der Waals surface area contributed by atoms with E-state index in [9.17, 15) is 0 Å². The van der Waals surface area contributed by atoms with E-state index in [0.717, 1.165) is 11.4 Å². The Morgan fingerprint density at radius 1 is 0.537 bits per heavy atom. The maximum Gasteiger partial charge on any atom is 0.333 e. The van der Waals surface area contributed by atoms with Crippen LogP contribution >= 0.6 is 11.3 Å². The molecule has 11 aromatic rings. The van der Waals surface area contributed by atoms with Gasteiger partial charge < -0.3 is 14.3 Å². The van der Waals surface area contributed by atoms with Crippen molar-refractivity contribution in [3.05, 3.63) is 192 Å². The van der Waals surface area contributed by atoms with Crippen molar-refractivity contribution in [3.8, 4) is 16.8 Å². The molecular weight excluding hydrogens is 830 g/mol. The Morgan fingerprint density at radius 2 is 1.18 bits per heavy atom. The number of fused-ring (bicyclic) bond motifs is 14. The second-order valence-electron chi connectivity index (χ2n) is 20.9. The first-order valence-corrected chi connectivity index (χ1v) is 24.8. The predicted octanol–water partition coefficient (Wildman–Crippen LogP) is 16.0. The second kappa shape index (κ2) is 13.7. The van der Waals surface area contributed by atoms with Crippen molar-refractivity contribution in [1.29, 1.82) is 0 Å². The second-order valence-corrected chi connectivity index (χ2v) is 22.0. The topological polar surface area (TPSA) is 11.4 Å². The smallest absolute Gasteiger partial charge is 0.333 e. The van der Waals surface area contributed by atoms with Crippen LogP contribution in [0.5, 0.6) is 0 Å². The van der Waals surface area contributed by atoms with E-state index in [1.807, 2.05) is 11.3 Å². The number of rotatable bonds is 4. The van der Waals surface area contributed by atoms with E-state index in [-0.39, 0.29) is 17.7 Å². The highest BCUT2D eigenvalue weighted by Crippen LogP contribution is 2.54. The molecule has 0 spiro atoms. The molecule has 0 saturated carbocycles. The summed E-state index contributed by atoms with van der Waals surface area (Å²) in [6.45, 7) is 14.2. The summed E-state index contributed by atoms with van der Waals surface area (Å²) in [6, 6.07) is 65.0. The molecule has 0 amide bonds. The fraction of sp³-hybridized carbons (Fsp3) is 0.161. The summed E-state index contributed by atoms with van der Waals surface area (Å²) in [7, 11) is 0. The maximum absolute atomic E-state index is 2.70. The summed E-state index contributed by atoms with van der Waals surface area (Å²) >= 11 is 1.97. The van der Waals surface area contributed by atoms with Gasteiger partial charge in [0.05, 0.1) is 16.7 Å². The van der Waals surface area contributed by atoms with Gasteiger partial charge in [-0.15, -0.1) is 11.3 Å². The minimum atomic E-state index is -0.0811. The zero-order valence-electron chi connectivity index (χ0n) is 38.9. The van der Waals surface area contributed by atoms with Crippen LogP contribution in [0.3, 0.4) is 0 Å². The average molecular weight is 880 g/mol. The average Bonchev–Trinajstić information content (AvgIpc) is 3.88. The van der Waals surface area contributed by atoms with Crippen molar-refractivity contribution < 1.29 is 0 Å². The number of aromatic nitrogens is 1. The molecule has 67 heavy (non-hydrogen) atoms. The van der Waals surface area contributed by atoms with Crippen LogP contribution in [0.2, 0.25) is 0 Å². The van der Waals surface area contributed by atoms with Gasteiger partial charge in [0, 0.05) is 64.9 Å². The summed E-state index contributed by atoms with van der Waals surface area (Å²) in [5.74, 6) is 0. The fourth-order valence-corrected chi connectivity index (χ4v) is 13.6. The first-order valence-electron chi connectivity index (χ1n) is 24.0. The Kier molecular flexibility index (Phi) is 8.03. The fourth-order valence-electron chi connectivity index (χ4n) is 12.4. The number of hydrogen-bond acceptors (Lipinski definition) is 3. The van der Waals surface area contributed by atoms with Gasteiger partial charge in [0.1, 0.15) is 0 Å². The van der Waals surface area contributed by atoms with Gasteiger partial charge in [-0.2, -0.15) is 0 Å². The third-order valence-corrected chi connectivity index (χ3v) is 17.0. The molecule has 5 heteroatoms. The maximum atomic E-state index is 2.70. The Hall–Kier alpha value is -7.08. The van der Waals surface area contributed by atoms with Gasteiger partial charge in [-0.05, 0) is 155 Å². The summed E-state index contributed by atoms with van der Waals surface area (Å²) < 4.78 is 5.35. The van der Waals surface area contributed by atoms with Gasteiger partial charge in [0.15, 0.2) is 0 Å².